The zero-order chi connectivity index (χ0) is 20.0. The van der Waals surface area contributed by atoms with Crippen LogP contribution in [0.15, 0.2) is 10.6 Å². The molecule has 154 valence electrons. The van der Waals surface area contributed by atoms with Crippen LogP contribution in [0.25, 0.3) is 11.3 Å². The Morgan fingerprint density at radius 2 is 1.83 bits per heavy atom. The van der Waals surface area contributed by atoms with Gasteiger partial charge in [-0.2, -0.15) is 5.10 Å². The molecule has 8 heteroatoms. The van der Waals surface area contributed by atoms with E-state index >= 15 is 0 Å². The van der Waals surface area contributed by atoms with Crippen LogP contribution in [0.5, 0.6) is 0 Å². The molecule has 1 aliphatic carbocycles. The number of aromatic nitrogens is 2. The average molecular weight is 398 g/mol. The number of carbonyl (C=O) groups excluding carboxylic acids is 2. The molecule has 2 aromatic heterocycles. The van der Waals surface area contributed by atoms with E-state index in [1.54, 1.807) is 4.68 Å². The lowest BCUT2D eigenvalue weighted by atomic mass is 9.93. The first-order chi connectivity index (χ1) is 14.1. The Bertz CT molecular complexity index is 948. The fraction of sp³-hybridized carbons (Fsp3) is 0.571. The summed E-state index contributed by atoms with van der Waals surface area (Å²) < 4.78 is 13.1. The van der Waals surface area contributed by atoms with Crippen LogP contribution in [-0.4, -0.2) is 70.8 Å². The fourth-order valence-electron chi connectivity index (χ4n) is 4.56. The van der Waals surface area contributed by atoms with E-state index in [0.717, 1.165) is 66.9 Å². The van der Waals surface area contributed by atoms with Crippen molar-refractivity contribution in [2.24, 2.45) is 0 Å². The molecule has 4 heterocycles. The van der Waals surface area contributed by atoms with Gasteiger partial charge in [-0.3, -0.25) is 14.3 Å². The molecule has 0 spiro atoms. The van der Waals surface area contributed by atoms with E-state index in [1.807, 2.05) is 22.9 Å². The number of likely N-dealkylation sites (tertiary alicyclic amines) is 1. The number of nitrogens with zero attached hydrogens (tertiary/aromatic N) is 4. The molecule has 0 bridgehead atoms. The minimum Gasteiger partial charge on any atom is -0.455 e. The highest BCUT2D eigenvalue weighted by Crippen LogP contribution is 2.38. The van der Waals surface area contributed by atoms with E-state index in [4.69, 9.17) is 14.3 Å². The maximum Gasteiger partial charge on any atom is 0.289 e. The van der Waals surface area contributed by atoms with E-state index in [0.29, 0.717) is 32.1 Å². The topological polar surface area (TPSA) is 80.8 Å². The Balaban J connectivity index is 1.40. The van der Waals surface area contributed by atoms with Gasteiger partial charge < -0.3 is 19.0 Å². The van der Waals surface area contributed by atoms with Gasteiger partial charge in [0.15, 0.2) is 5.76 Å². The molecule has 2 aliphatic heterocycles. The third-order valence-corrected chi connectivity index (χ3v) is 6.16. The standard InChI is InChI=1S/C21H26N4O4/c1-14-18-16(29-20(14)21(27)24-6-2-3-7-24)5-4-15-12-25(22-19(15)18)13-17(26)23-8-10-28-11-9-23/h12H,2-11,13H2,1H3. The molecule has 0 unspecified atom stereocenters. The number of amides is 2. The Hall–Kier alpha value is -2.61. The number of fused-ring (bicyclic) bond motifs is 3. The summed E-state index contributed by atoms with van der Waals surface area (Å²) in [7, 11) is 0. The molecule has 2 amide bonds. The molecule has 0 saturated carbocycles. The summed E-state index contributed by atoms with van der Waals surface area (Å²) in [5.74, 6) is 1.33. The van der Waals surface area contributed by atoms with Crippen LogP contribution in [0.2, 0.25) is 0 Å². The minimum absolute atomic E-state index is 0.0159. The second kappa shape index (κ2) is 7.33. The number of carbonyl (C=O) groups is 2. The van der Waals surface area contributed by atoms with Crippen LogP contribution < -0.4 is 0 Å². The van der Waals surface area contributed by atoms with Gasteiger partial charge in [-0.1, -0.05) is 0 Å². The monoisotopic (exact) mass is 398 g/mol. The van der Waals surface area contributed by atoms with Crippen molar-refractivity contribution in [3.05, 3.63) is 28.8 Å². The van der Waals surface area contributed by atoms with Gasteiger partial charge in [0.25, 0.3) is 5.91 Å². The van der Waals surface area contributed by atoms with E-state index in [9.17, 15) is 9.59 Å². The van der Waals surface area contributed by atoms with Crippen molar-refractivity contribution in [1.29, 1.82) is 0 Å². The third kappa shape index (κ3) is 3.25. The largest absolute Gasteiger partial charge is 0.455 e. The molecule has 2 fully saturated rings. The zero-order valence-electron chi connectivity index (χ0n) is 16.8. The van der Waals surface area contributed by atoms with Gasteiger partial charge in [0, 0.05) is 49.9 Å². The quantitative estimate of drug-likeness (QED) is 0.785. The summed E-state index contributed by atoms with van der Waals surface area (Å²) in [6, 6.07) is 0. The first-order valence-electron chi connectivity index (χ1n) is 10.5. The van der Waals surface area contributed by atoms with Gasteiger partial charge in [0.1, 0.15) is 12.3 Å². The van der Waals surface area contributed by atoms with E-state index < -0.39 is 0 Å². The number of ether oxygens (including phenoxy) is 1. The minimum atomic E-state index is -0.0159. The predicted octanol–water partition coefficient (Wildman–Crippen LogP) is 1.64. The van der Waals surface area contributed by atoms with Crippen LogP contribution in [-0.2, 0) is 28.9 Å². The van der Waals surface area contributed by atoms with Crippen molar-refractivity contribution in [3.63, 3.8) is 0 Å². The van der Waals surface area contributed by atoms with Crippen LogP contribution in [0.1, 0.15) is 40.3 Å². The Morgan fingerprint density at radius 1 is 1.07 bits per heavy atom. The van der Waals surface area contributed by atoms with Gasteiger partial charge in [0.2, 0.25) is 5.91 Å². The Labute approximate surface area is 169 Å². The highest BCUT2D eigenvalue weighted by atomic mass is 16.5. The molecule has 2 saturated heterocycles. The van der Waals surface area contributed by atoms with Crippen LogP contribution in [0, 0.1) is 6.92 Å². The van der Waals surface area contributed by atoms with Crippen LogP contribution in [0.4, 0.5) is 0 Å². The number of aryl methyl sites for hydroxylation is 2. The Morgan fingerprint density at radius 3 is 2.59 bits per heavy atom. The molecular weight excluding hydrogens is 372 g/mol. The van der Waals surface area contributed by atoms with Crippen LogP contribution in [0.3, 0.4) is 0 Å². The number of rotatable bonds is 3. The number of hydrogen-bond acceptors (Lipinski definition) is 5. The highest BCUT2D eigenvalue weighted by Gasteiger charge is 2.32. The third-order valence-electron chi connectivity index (χ3n) is 6.16. The highest BCUT2D eigenvalue weighted by molar-refractivity contribution is 5.95. The lowest BCUT2D eigenvalue weighted by Gasteiger charge is -2.26. The second-order valence-electron chi connectivity index (χ2n) is 8.05. The van der Waals surface area contributed by atoms with Gasteiger partial charge in [-0.25, -0.2) is 0 Å². The van der Waals surface area contributed by atoms with Crippen LogP contribution >= 0.6 is 0 Å². The summed E-state index contributed by atoms with van der Waals surface area (Å²) in [6.45, 7) is 6.21. The second-order valence-corrected chi connectivity index (χ2v) is 8.05. The van der Waals surface area contributed by atoms with E-state index in [-0.39, 0.29) is 18.4 Å². The maximum absolute atomic E-state index is 12.9. The Kier molecular flexibility index (Phi) is 4.66. The SMILES string of the molecule is Cc1c(C(=O)N2CCCC2)oc2c1-c1nn(CC(=O)N3CCOCC3)cc1CC2. The number of morpholine rings is 1. The summed E-state index contributed by atoms with van der Waals surface area (Å²) >= 11 is 0. The fourth-order valence-corrected chi connectivity index (χ4v) is 4.56. The van der Waals surface area contributed by atoms with Crippen molar-refractivity contribution in [2.75, 3.05) is 39.4 Å². The molecular formula is C21H26N4O4. The first-order valence-corrected chi connectivity index (χ1v) is 10.5. The number of furan rings is 1. The van der Waals surface area contributed by atoms with Gasteiger partial charge in [0.05, 0.1) is 18.9 Å². The lowest BCUT2D eigenvalue weighted by molar-refractivity contribution is -0.136. The van der Waals surface area contributed by atoms with Crippen molar-refractivity contribution in [3.8, 4) is 11.3 Å². The predicted molar refractivity (Wildman–Crippen MR) is 105 cm³/mol. The maximum atomic E-state index is 12.9. The van der Waals surface area contributed by atoms with Gasteiger partial charge in [-0.15, -0.1) is 0 Å². The molecule has 0 aromatic carbocycles. The molecule has 5 rings (SSSR count). The van der Waals surface area contributed by atoms with E-state index in [2.05, 4.69) is 0 Å². The molecule has 2 aromatic rings. The van der Waals surface area contributed by atoms with E-state index in [1.165, 1.54) is 0 Å². The molecule has 0 N–H and O–H groups in total. The normalized spacial score (nSPS) is 18.7. The number of hydrogen-bond donors (Lipinski definition) is 0. The van der Waals surface area contributed by atoms with Crippen molar-refractivity contribution < 1.29 is 18.7 Å². The molecule has 29 heavy (non-hydrogen) atoms. The summed E-state index contributed by atoms with van der Waals surface area (Å²) in [5.41, 5.74) is 3.76. The van der Waals surface area contributed by atoms with Crippen molar-refractivity contribution >= 4 is 11.8 Å². The molecule has 8 nitrogen and oxygen atoms in total. The summed E-state index contributed by atoms with van der Waals surface area (Å²) in [5, 5.41) is 4.71. The molecule has 0 atom stereocenters. The molecule has 0 radical (unpaired) electrons. The van der Waals surface area contributed by atoms with Gasteiger partial charge in [-0.05, 0) is 31.7 Å². The zero-order valence-corrected chi connectivity index (χ0v) is 16.8. The van der Waals surface area contributed by atoms with Crippen molar-refractivity contribution in [2.45, 2.75) is 39.2 Å². The first kappa shape index (κ1) is 18.4. The summed E-state index contributed by atoms with van der Waals surface area (Å²) in [6.07, 6.45) is 5.62. The molecule has 3 aliphatic rings. The average Bonchev–Trinajstić information content (AvgIpc) is 3.46. The van der Waals surface area contributed by atoms with Crippen molar-refractivity contribution in [1.82, 2.24) is 19.6 Å². The van der Waals surface area contributed by atoms with Gasteiger partial charge >= 0.3 is 0 Å². The summed E-state index contributed by atoms with van der Waals surface area (Å²) in [4.78, 5) is 29.1. The smallest absolute Gasteiger partial charge is 0.289 e. The lowest BCUT2D eigenvalue weighted by Crippen LogP contribution is -2.42.